The molecule has 0 bridgehead atoms. The van der Waals surface area contributed by atoms with Gasteiger partial charge in [0.2, 0.25) is 5.91 Å². The molecule has 1 aromatic carbocycles. The Morgan fingerprint density at radius 3 is 2.70 bits per heavy atom. The number of amides is 1. The van der Waals surface area contributed by atoms with Crippen LogP contribution in [0.4, 0.5) is 0 Å². The molecule has 5 nitrogen and oxygen atoms in total. The maximum atomic E-state index is 11.4. The van der Waals surface area contributed by atoms with E-state index in [1.54, 1.807) is 6.08 Å². The molecule has 4 N–H and O–H groups in total. The third-order valence-electron chi connectivity index (χ3n) is 5.77. The number of unbranched alkanes of at least 4 members (excludes halogenated alkanes) is 1. The third-order valence-corrected chi connectivity index (χ3v) is 5.77. The molecule has 1 fully saturated rings. The molecule has 5 atom stereocenters. The number of benzene rings is 1. The fraction of sp³-hybridized carbons (Fsp3) is 0.560. The summed E-state index contributed by atoms with van der Waals surface area (Å²) in [6.07, 6.45) is 10.6. The lowest BCUT2D eigenvalue weighted by Crippen LogP contribution is -2.21. The molecule has 1 amide bonds. The van der Waals surface area contributed by atoms with Crippen LogP contribution in [0.15, 0.2) is 54.6 Å². The highest BCUT2D eigenvalue weighted by atomic mass is 16.3. The van der Waals surface area contributed by atoms with Gasteiger partial charge in [0, 0.05) is 25.3 Å². The number of carbonyl (C=O) groups excluding carboxylic acids is 1. The normalized spacial score (nSPS) is 25.2. The van der Waals surface area contributed by atoms with E-state index >= 15 is 0 Å². The van der Waals surface area contributed by atoms with Crippen LogP contribution in [0.25, 0.3) is 0 Å². The molecule has 5 heteroatoms. The van der Waals surface area contributed by atoms with E-state index in [0.29, 0.717) is 32.2 Å². The fourth-order valence-corrected chi connectivity index (χ4v) is 4.06. The van der Waals surface area contributed by atoms with Gasteiger partial charge in [-0.05, 0) is 50.5 Å². The van der Waals surface area contributed by atoms with E-state index < -0.39 is 18.3 Å². The Kier molecular flexibility index (Phi) is 10.8. The molecule has 1 aliphatic rings. The highest BCUT2D eigenvalue weighted by Gasteiger charge is 2.39. The molecule has 0 saturated heterocycles. The Morgan fingerprint density at radius 1 is 1.20 bits per heavy atom. The van der Waals surface area contributed by atoms with Crippen molar-refractivity contribution in [3.05, 3.63) is 60.2 Å². The number of aliphatic hydroxyl groups excluding tert-OH is 3. The van der Waals surface area contributed by atoms with Crippen molar-refractivity contribution in [2.24, 2.45) is 11.8 Å². The van der Waals surface area contributed by atoms with E-state index in [9.17, 15) is 20.1 Å². The second kappa shape index (κ2) is 13.4. The average molecular weight is 416 g/mol. The van der Waals surface area contributed by atoms with Gasteiger partial charge in [-0.3, -0.25) is 4.79 Å². The van der Waals surface area contributed by atoms with Crippen LogP contribution >= 0.6 is 0 Å². The van der Waals surface area contributed by atoms with Gasteiger partial charge in [-0.2, -0.15) is 0 Å². The summed E-state index contributed by atoms with van der Waals surface area (Å²) in [4.78, 5) is 11.4. The fourth-order valence-electron chi connectivity index (χ4n) is 4.06. The minimum Gasteiger partial charge on any atom is -0.393 e. The summed E-state index contributed by atoms with van der Waals surface area (Å²) in [7, 11) is 0. The zero-order valence-corrected chi connectivity index (χ0v) is 18.0. The van der Waals surface area contributed by atoms with E-state index in [0.717, 1.165) is 19.3 Å². The lowest BCUT2D eigenvalue weighted by atomic mass is 9.89. The Balaban J connectivity index is 1.78. The van der Waals surface area contributed by atoms with Crippen LogP contribution in [0.1, 0.15) is 51.0 Å². The first-order valence-electron chi connectivity index (χ1n) is 11.2. The summed E-state index contributed by atoms with van der Waals surface area (Å²) >= 11 is 0. The molecule has 0 radical (unpaired) electrons. The molecule has 1 aliphatic carbocycles. The summed E-state index contributed by atoms with van der Waals surface area (Å²) in [6.45, 7) is 2.57. The van der Waals surface area contributed by atoms with Crippen molar-refractivity contribution in [3.8, 4) is 0 Å². The van der Waals surface area contributed by atoms with Crippen LogP contribution < -0.4 is 5.32 Å². The number of hydrogen-bond donors (Lipinski definition) is 4. The van der Waals surface area contributed by atoms with Gasteiger partial charge in [-0.1, -0.05) is 54.6 Å². The molecular formula is C25H37NO4. The van der Waals surface area contributed by atoms with Crippen LogP contribution in [0.2, 0.25) is 0 Å². The minimum absolute atomic E-state index is 0.0581. The van der Waals surface area contributed by atoms with E-state index in [2.05, 4.69) is 5.32 Å². The quantitative estimate of drug-likeness (QED) is 0.312. The number of carbonyl (C=O) groups is 1. The van der Waals surface area contributed by atoms with Crippen molar-refractivity contribution in [1.29, 1.82) is 0 Å². The van der Waals surface area contributed by atoms with E-state index in [1.807, 2.05) is 55.5 Å². The number of nitrogens with one attached hydrogen (secondary N) is 1. The average Bonchev–Trinajstić information content (AvgIpc) is 3.00. The van der Waals surface area contributed by atoms with Crippen molar-refractivity contribution in [2.45, 2.75) is 70.2 Å². The summed E-state index contributed by atoms with van der Waals surface area (Å²) in [5.74, 6) is -0.139. The van der Waals surface area contributed by atoms with Crippen LogP contribution in [-0.4, -0.2) is 46.1 Å². The molecule has 0 unspecified atom stereocenters. The Labute approximate surface area is 180 Å². The van der Waals surface area contributed by atoms with Crippen molar-refractivity contribution in [3.63, 3.8) is 0 Å². The minimum atomic E-state index is -0.589. The molecule has 2 rings (SSSR count). The van der Waals surface area contributed by atoms with E-state index in [-0.39, 0.29) is 17.7 Å². The SMILES string of the molecule is CCNC(=O)CCC/C=C/C[C@H]1[C@@H](/C=C/[C@H](O)CCc2ccccc2)[C@@H](O)C[C@@H]1O. The number of aryl methyl sites for hydroxylation is 1. The topological polar surface area (TPSA) is 89.8 Å². The first-order chi connectivity index (χ1) is 14.5. The molecule has 1 saturated carbocycles. The van der Waals surface area contributed by atoms with Gasteiger partial charge in [0.25, 0.3) is 0 Å². The molecule has 0 aliphatic heterocycles. The number of aliphatic hydroxyl groups is 3. The Bertz CT molecular complexity index is 673. The van der Waals surface area contributed by atoms with Crippen LogP contribution in [0, 0.1) is 11.8 Å². The van der Waals surface area contributed by atoms with Crippen molar-refractivity contribution < 1.29 is 20.1 Å². The first kappa shape index (κ1) is 24.3. The summed E-state index contributed by atoms with van der Waals surface area (Å²) in [5.41, 5.74) is 1.19. The highest BCUT2D eigenvalue weighted by molar-refractivity contribution is 5.75. The molecule has 0 heterocycles. The molecular weight excluding hydrogens is 378 g/mol. The standard InChI is InChI=1S/C25H37NO4/c1-2-26-25(30)13-9-4-3-8-12-21-22(24(29)18-23(21)28)17-16-20(27)15-14-19-10-6-5-7-11-19/h3,5-8,10-11,16-17,20-24,27-29H,2,4,9,12-15,18H2,1H3,(H,26,30)/b8-3+,17-16+/t20-,21+,22-,23+,24+/m1/s1. The van der Waals surface area contributed by atoms with Crippen molar-refractivity contribution in [2.75, 3.05) is 6.54 Å². The second-order valence-corrected chi connectivity index (χ2v) is 8.14. The van der Waals surface area contributed by atoms with Gasteiger partial charge in [-0.25, -0.2) is 0 Å². The molecule has 30 heavy (non-hydrogen) atoms. The summed E-state index contributed by atoms with van der Waals surface area (Å²) < 4.78 is 0. The highest BCUT2D eigenvalue weighted by Crippen LogP contribution is 2.36. The number of hydrogen-bond acceptors (Lipinski definition) is 4. The van der Waals surface area contributed by atoms with Gasteiger partial charge in [0.05, 0.1) is 18.3 Å². The van der Waals surface area contributed by atoms with Gasteiger partial charge >= 0.3 is 0 Å². The number of rotatable bonds is 12. The third kappa shape index (κ3) is 8.42. The lowest BCUT2D eigenvalue weighted by Gasteiger charge is -2.19. The van der Waals surface area contributed by atoms with Gasteiger partial charge in [-0.15, -0.1) is 0 Å². The maximum absolute atomic E-state index is 11.4. The Morgan fingerprint density at radius 2 is 1.97 bits per heavy atom. The van der Waals surface area contributed by atoms with Gasteiger partial charge < -0.3 is 20.6 Å². The lowest BCUT2D eigenvalue weighted by molar-refractivity contribution is -0.121. The largest absolute Gasteiger partial charge is 0.393 e. The van der Waals surface area contributed by atoms with E-state index in [4.69, 9.17) is 0 Å². The van der Waals surface area contributed by atoms with Crippen LogP contribution in [0.3, 0.4) is 0 Å². The predicted molar refractivity (Wildman–Crippen MR) is 120 cm³/mol. The predicted octanol–water partition coefficient (Wildman–Crippen LogP) is 3.15. The first-order valence-corrected chi connectivity index (χ1v) is 11.2. The molecule has 0 spiro atoms. The summed E-state index contributed by atoms with van der Waals surface area (Å²) in [5, 5.41) is 33.8. The zero-order valence-electron chi connectivity index (χ0n) is 18.0. The van der Waals surface area contributed by atoms with Crippen molar-refractivity contribution >= 4 is 5.91 Å². The monoisotopic (exact) mass is 415 g/mol. The molecule has 166 valence electrons. The van der Waals surface area contributed by atoms with E-state index in [1.165, 1.54) is 5.56 Å². The summed E-state index contributed by atoms with van der Waals surface area (Å²) in [6, 6.07) is 10.1. The maximum Gasteiger partial charge on any atom is 0.219 e. The van der Waals surface area contributed by atoms with Crippen LogP contribution in [-0.2, 0) is 11.2 Å². The zero-order chi connectivity index (χ0) is 21.8. The Hall–Kier alpha value is -1.95. The van der Waals surface area contributed by atoms with Gasteiger partial charge in [0.15, 0.2) is 0 Å². The van der Waals surface area contributed by atoms with Crippen molar-refractivity contribution in [1.82, 2.24) is 5.32 Å². The second-order valence-electron chi connectivity index (χ2n) is 8.14. The molecule has 0 aromatic heterocycles. The van der Waals surface area contributed by atoms with Gasteiger partial charge in [0.1, 0.15) is 0 Å². The molecule has 1 aromatic rings. The smallest absolute Gasteiger partial charge is 0.219 e. The number of allylic oxidation sites excluding steroid dienone is 2. The van der Waals surface area contributed by atoms with Crippen LogP contribution in [0.5, 0.6) is 0 Å².